The molecule has 1 aromatic carbocycles. The molecule has 22 heavy (non-hydrogen) atoms. The Bertz CT molecular complexity index is 571. The first-order chi connectivity index (χ1) is 10.4. The Balaban J connectivity index is 2.06. The van der Waals surface area contributed by atoms with Crippen LogP contribution >= 0.6 is 23.2 Å². The highest BCUT2D eigenvalue weighted by molar-refractivity contribution is 6.35. The second-order valence-electron chi connectivity index (χ2n) is 5.42. The van der Waals surface area contributed by atoms with E-state index in [4.69, 9.17) is 33.0 Å². The fraction of sp³-hybridized carbons (Fsp3) is 0.467. The van der Waals surface area contributed by atoms with Crippen LogP contribution in [0, 0.1) is 0 Å². The summed E-state index contributed by atoms with van der Waals surface area (Å²) in [6.45, 7) is 0.879. The number of carbonyl (C=O) groups excluding carboxylic acids is 1. The van der Waals surface area contributed by atoms with Gasteiger partial charge in [0.05, 0.1) is 18.4 Å². The van der Waals surface area contributed by atoms with E-state index in [1.807, 2.05) is 0 Å². The van der Waals surface area contributed by atoms with Crippen molar-refractivity contribution in [1.29, 1.82) is 0 Å². The molecule has 1 aliphatic rings. The summed E-state index contributed by atoms with van der Waals surface area (Å²) in [6.07, 6.45) is 0.938. The number of halogens is 2. The second kappa shape index (κ2) is 7.31. The maximum atomic E-state index is 12.3. The zero-order valence-corrected chi connectivity index (χ0v) is 13.4. The maximum absolute atomic E-state index is 12.3. The molecular weight excluding hydrogens is 329 g/mol. The van der Waals surface area contributed by atoms with Crippen LogP contribution < -0.4 is 5.32 Å². The number of hydrogen-bond donors (Lipinski definition) is 2. The number of benzene rings is 1. The van der Waals surface area contributed by atoms with Crippen LogP contribution in [0.4, 0.5) is 0 Å². The van der Waals surface area contributed by atoms with Gasteiger partial charge in [0.1, 0.15) is 0 Å². The summed E-state index contributed by atoms with van der Waals surface area (Å²) >= 11 is 11.9. The minimum atomic E-state index is -0.938. The molecule has 0 saturated carbocycles. The lowest BCUT2D eigenvalue weighted by Crippen LogP contribution is -2.53. The molecule has 0 aliphatic carbocycles. The first-order valence-corrected chi connectivity index (χ1v) is 7.70. The zero-order valence-electron chi connectivity index (χ0n) is 11.9. The molecule has 5 nitrogen and oxygen atoms in total. The van der Waals surface area contributed by atoms with Crippen molar-refractivity contribution in [2.75, 3.05) is 13.2 Å². The summed E-state index contributed by atoms with van der Waals surface area (Å²) in [5.41, 5.74) is -0.0961. The van der Waals surface area contributed by atoms with Crippen LogP contribution in [0.3, 0.4) is 0 Å². The normalized spacial score (nSPS) is 17.0. The first kappa shape index (κ1) is 17.1. The van der Waals surface area contributed by atoms with Crippen molar-refractivity contribution in [3.63, 3.8) is 0 Å². The first-order valence-electron chi connectivity index (χ1n) is 6.95. The van der Waals surface area contributed by atoms with E-state index in [-0.39, 0.29) is 18.7 Å². The Kier molecular flexibility index (Phi) is 5.67. The minimum Gasteiger partial charge on any atom is -0.481 e. The van der Waals surface area contributed by atoms with Crippen molar-refractivity contribution < 1.29 is 19.4 Å². The summed E-state index contributed by atoms with van der Waals surface area (Å²) in [5, 5.41) is 12.9. The fourth-order valence-corrected chi connectivity index (χ4v) is 3.05. The average Bonchev–Trinajstić information content (AvgIpc) is 2.42. The predicted octanol–water partition coefficient (Wildman–Crippen LogP) is 2.68. The standard InChI is InChI=1S/C15H17Cl2NO4/c16-11-2-1-10(12(17)8-11)7-13(19)18-15(9-14(20)21)3-5-22-6-4-15/h1-2,8H,3-7,9H2,(H,18,19)(H,20,21). The van der Waals surface area contributed by atoms with Crippen molar-refractivity contribution in [3.05, 3.63) is 33.8 Å². The molecule has 0 bridgehead atoms. The van der Waals surface area contributed by atoms with E-state index in [0.717, 1.165) is 0 Å². The Morgan fingerprint density at radius 3 is 2.55 bits per heavy atom. The van der Waals surface area contributed by atoms with Gasteiger partial charge in [0.2, 0.25) is 5.91 Å². The van der Waals surface area contributed by atoms with E-state index in [1.165, 1.54) is 0 Å². The van der Waals surface area contributed by atoms with Crippen LogP contribution in [0.5, 0.6) is 0 Å². The van der Waals surface area contributed by atoms with E-state index < -0.39 is 11.5 Å². The number of carboxylic acid groups (broad SMARTS) is 1. The maximum Gasteiger partial charge on any atom is 0.305 e. The van der Waals surface area contributed by atoms with Crippen LogP contribution in [-0.4, -0.2) is 35.7 Å². The van der Waals surface area contributed by atoms with Gasteiger partial charge in [-0.1, -0.05) is 29.3 Å². The number of nitrogens with one attached hydrogen (secondary N) is 1. The summed E-state index contributed by atoms with van der Waals surface area (Å²) < 4.78 is 5.26. The highest BCUT2D eigenvalue weighted by Crippen LogP contribution is 2.26. The quantitative estimate of drug-likeness (QED) is 0.860. The summed E-state index contributed by atoms with van der Waals surface area (Å²) in [5.74, 6) is -1.20. The average molecular weight is 346 g/mol. The number of rotatable bonds is 5. The number of ether oxygens (including phenoxy) is 1. The third-order valence-corrected chi connectivity index (χ3v) is 4.30. The third-order valence-electron chi connectivity index (χ3n) is 3.71. The summed E-state index contributed by atoms with van der Waals surface area (Å²) in [7, 11) is 0. The molecule has 1 heterocycles. The van der Waals surface area contributed by atoms with E-state index >= 15 is 0 Å². The lowest BCUT2D eigenvalue weighted by atomic mass is 9.86. The van der Waals surface area contributed by atoms with E-state index in [0.29, 0.717) is 41.7 Å². The molecule has 1 amide bonds. The predicted molar refractivity (Wildman–Crippen MR) is 83.3 cm³/mol. The number of carbonyl (C=O) groups is 2. The van der Waals surface area contributed by atoms with Crippen LogP contribution in [0.15, 0.2) is 18.2 Å². The minimum absolute atomic E-state index is 0.0816. The van der Waals surface area contributed by atoms with Crippen molar-refractivity contribution in [2.24, 2.45) is 0 Å². The molecule has 0 spiro atoms. The van der Waals surface area contributed by atoms with Gasteiger partial charge in [0, 0.05) is 23.3 Å². The monoisotopic (exact) mass is 345 g/mol. The van der Waals surface area contributed by atoms with Gasteiger partial charge in [-0.2, -0.15) is 0 Å². The van der Waals surface area contributed by atoms with Crippen molar-refractivity contribution >= 4 is 35.1 Å². The molecule has 0 aromatic heterocycles. The van der Waals surface area contributed by atoms with Crippen LogP contribution in [-0.2, 0) is 20.7 Å². The van der Waals surface area contributed by atoms with Crippen LogP contribution in [0.25, 0.3) is 0 Å². The fourth-order valence-electron chi connectivity index (χ4n) is 2.58. The van der Waals surface area contributed by atoms with E-state index in [1.54, 1.807) is 18.2 Å². The highest BCUT2D eigenvalue weighted by Gasteiger charge is 2.36. The smallest absolute Gasteiger partial charge is 0.305 e. The molecule has 120 valence electrons. The van der Waals surface area contributed by atoms with Gasteiger partial charge in [-0.25, -0.2) is 0 Å². The number of carboxylic acids is 1. The van der Waals surface area contributed by atoms with E-state index in [9.17, 15) is 9.59 Å². The van der Waals surface area contributed by atoms with Crippen molar-refractivity contribution in [2.45, 2.75) is 31.2 Å². The van der Waals surface area contributed by atoms with Gasteiger partial charge in [0.25, 0.3) is 0 Å². The number of amides is 1. The molecular formula is C15H17Cl2NO4. The lowest BCUT2D eigenvalue weighted by Gasteiger charge is -2.36. The number of hydrogen-bond acceptors (Lipinski definition) is 3. The Labute approximate surface area is 138 Å². The molecule has 0 unspecified atom stereocenters. The third kappa shape index (κ3) is 4.60. The molecule has 0 radical (unpaired) electrons. The van der Waals surface area contributed by atoms with Gasteiger partial charge >= 0.3 is 5.97 Å². The summed E-state index contributed by atoms with van der Waals surface area (Å²) in [6, 6.07) is 4.93. The number of aliphatic carboxylic acids is 1. The lowest BCUT2D eigenvalue weighted by molar-refractivity contribution is -0.140. The van der Waals surface area contributed by atoms with Gasteiger partial charge < -0.3 is 15.2 Å². The Morgan fingerprint density at radius 1 is 1.27 bits per heavy atom. The van der Waals surface area contributed by atoms with Crippen LogP contribution in [0.1, 0.15) is 24.8 Å². The zero-order chi connectivity index (χ0) is 16.2. The van der Waals surface area contributed by atoms with E-state index in [2.05, 4.69) is 5.32 Å². The SMILES string of the molecule is O=C(O)CC1(NC(=O)Cc2ccc(Cl)cc2Cl)CCOCC1. The topological polar surface area (TPSA) is 75.6 Å². The van der Waals surface area contributed by atoms with Gasteiger partial charge in [-0.15, -0.1) is 0 Å². The molecule has 7 heteroatoms. The van der Waals surface area contributed by atoms with Gasteiger partial charge in [-0.05, 0) is 30.5 Å². The van der Waals surface area contributed by atoms with Crippen LogP contribution in [0.2, 0.25) is 10.0 Å². The Hall–Kier alpha value is -1.30. The molecule has 1 aliphatic heterocycles. The molecule has 2 N–H and O–H groups in total. The van der Waals surface area contributed by atoms with Gasteiger partial charge in [0.15, 0.2) is 0 Å². The molecule has 0 atom stereocenters. The molecule has 2 rings (SSSR count). The van der Waals surface area contributed by atoms with Crippen molar-refractivity contribution in [1.82, 2.24) is 5.32 Å². The molecule has 1 fully saturated rings. The highest BCUT2D eigenvalue weighted by atomic mass is 35.5. The Morgan fingerprint density at radius 2 is 1.95 bits per heavy atom. The summed E-state index contributed by atoms with van der Waals surface area (Å²) in [4.78, 5) is 23.3. The van der Waals surface area contributed by atoms with Crippen molar-refractivity contribution in [3.8, 4) is 0 Å². The van der Waals surface area contributed by atoms with Gasteiger partial charge in [-0.3, -0.25) is 9.59 Å². The largest absolute Gasteiger partial charge is 0.481 e. The second-order valence-corrected chi connectivity index (χ2v) is 6.27. The molecule has 1 aromatic rings. The molecule has 1 saturated heterocycles.